The first kappa shape index (κ1) is 19.0. The summed E-state index contributed by atoms with van der Waals surface area (Å²) in [5, 5.41) is 2.99. The summed E-state index contributed by atoms with van der Waals surface area (Å²) < 4.78 is 1.41. The molecule has 0 aliphatic heterocycles. The molecule has 0 aliphatic carbocycles. The van der Waals surface area contributed by atoms with Gasteiger partial charge in [0.05, 0.1) is 11.0 Å². The summed E-state index contributed by atoms with van der Waals surface area (Å²) in [6, 6.07) is 5.12. The Bertz CT molecular complexity index is 851. The van der Waals surface area contributed by atoms with Crippen LogP contribution in [0.25, 0.3) is 11.0 Å². The van der Waals surface area contributed by atoms with E-state index in [1.54, 1.807) is 25.1 Å². The van der Waals surface area contributed by atoms with E-state index in [-0.39, 0.29) is 11.9 Å². The van der Waals surface area contributed by atoms with E-state index in [0.717, 1.165) is 12.8 Å². The highest BCUT2D eigenvalue weighted by Crippen LogP contribution is 2.12. The summed E-state index contributed by atoms with van der Waals surface area (Å²) in [6.45, 7) is 6.38. The molecular formula is C19H27N3O3. The highest BCUT2D eigenvalue weighted by Gasteiger charge is 2.12. The lowest BCUT2D eigenvalue weighted by molar-refractivity contribution is 0.0938. The van der Waals surface area contributed by atoms with E-state index in [1.807, 2.05) is 6.92 Å². The number of hydrogen-bond donors (Lipinski definition) is 2. The largest absolute Gasteiger partial charge is 0.350 e. The Hall–Kier alpha value is -2.37. The van der Waals surface area contributed by atoms with Crippen LogP contribution >= 0.6 is 0 Å². The number of benzene rings is 1. The Kier molecular flexibility index (Phi) is 6.56. The monoisotopic (exact) mass is 345 g/mol. The highest BCUT2D eigenvalue weighted by atomic mass is 16.2. The predicted molar refractivity (Wildman–Crippen MR) is 100 cm³/mol. The van der Waals surface area contributed by atoms with E-state index < -0.39 is 11.1 Å². The number of carbonyl (C=O) groups is 1. The van der Waals surface area contributed by atoms with Gasteiger partial charge in [0, 0.05) is 18.2 Å². The molecule has 1 aromatic carbocycles. The van der Waals surface area contributed by atoms with Crippen LogP contribution in [-0.4, -0.2) is 21.5 Å². The Morgan fingerprint density at radius 2 is 1.96 bits per heavy atom. The number of aromatic amines is 1. The fourth-order valence-electron chi connectivity index (χ4n) is 2.99. The molecule has 2 aromatic rings. The van der Waals surface area contributed by atoms with E-state index in [4.69, 9.17) is 0 Å². The van der Waals surface area contributed by atoms with Crippen molar-refractivity contribution in [1.29, 1.82) is 0 Å². The first-order valence-electron chi connectivity index (χ1n) is 9.05. The zero-order chi connectivity index (χ0) is 18.4. The van der Waals surface area contributed by atoms with Crippen molar-refractivity contribution in [1.82, 2.24) is 14.9 Å². The highest BCUT2D eigenvalue weighted by molar-refractivity contribution is 5.97. The van der Waals surface area contributed by atoms with E-state index in [1.165, 1.54) is 23.8 Å². The van der Waals surface area contributed by atoms with Gasteiger partial charge in [0.25, 0.3) is 5.91 Å². The van der Waals surface area contributed by atoms with Crippen LogP contribution in [0.5, 0.6) is 0 Å². The number of amides is 1. The van der Waals surface area contributed by atoms with Crippen LogP contribution in [-0.2, 0) is 6.54 Å². The second-order valence-corrected chi connectivity index (χ2v) is 6.46. The summed E-state index contributed by atoms with van der Waals surface area (Å²) in [6.07, 6.45) is 5.65. The molecule has 6 nitrogen and oxygen atoms in total. The van der Waals surface area contributed by atoms with Gasteiger partial charge < -0.3 is 14.9 Å². The predicted octanol–water partition coefficient (Wildman–Crippen LogP) is 2.80. The quantitative estimate of drug-likeness (QED) is 0.570. The molecule has 1 amide bonds. The van der Waals surface area contributed by atoms with Gasteiger partial charge in [-0.25, -0.2) is 0 Å². The zero-order valence-corrected chi connectivity index (χ0v) is 15.2. The van der Waals surface area contributed by atoms with Gasteiger partial charge in [-0.15, -0.1) is 0 Å². The summed E-state index contributed by atoms with van der Waals surface area (Å²) in [5.41, 5.74) is 0.347. The Morgan fingerprint density at radius 3 is 2.64 bits per heavy atom. The lowest BCUT2D eigenvalue weighted by atomic mass is 10.1. The molecule has 0 bridgehead atoms. The SMILES string of the molecule is CCCCCCC(C)NC(=O)c1ccc2c(c1)[nH]c(=O)c(=O)n2CC. The molecule has 6 heteroatoms. The third-order valence-electron chi connectivity index (χ3n) is 4.42. The minimum absolute atomic E-state index is 0.101. The van der Waals surface area contributed by atoms with Crippen molar-refractivity contribution in [3.63, 3.8) is 0 Å². The molecule has 2 rings (SSSR count). The molecular weight excluding hydrogens is 318 g/mol. The second kappa shape index (κ2) is 8.65. The van der Waals surface area contributed by atoms with Crippen molar-refractivity contribution in [2.24, 2.45) is 0 Å². The Morgan fingerprint density at radius 1 is 1.20 bits per heavy atom. The maximum Gasteiger partial charge on any atom is 0.316 e. The van der Waals surface area contributed by atoms with Crippen LogP contribution in [0.4, 0.5) is 0 Å². The van der Waals surface area contributed by atoms with Crippen LogP contribution in [0.15, 0.2) is 27.8 Å². The van der Waals surface area contributed by atoms with E-state index in [2.05, 4.69) is 17.2 Å². The normalized spacial score (nSPS) is 12.3. The summed E-state index contributed by atoms with van der Waals surface area (Å²) >= 11 is 0. The standard InChI is InChI=1S/C19H27N3O3/c1-4-6-7-8-9-13(3)20-17(23)14-10-11-16-15(12-14)21-18(24)19(25)22(16)5-2/h10-13H,4-9H2,1-3H3,(H,20,23)(H,21,24). The van der Waals surface area contributed by atoms with Crippen molar-refractivity contribution in [2.45, 2.75) is 65.5 Å². The van der Waals surface area contributed by atoms with Crippen molar-refractivity contribution in [3.05, 3.63) is 44.5 Å². The third kappa shape index (κ3) is 4.59. The number of rotatable bonds is 8. The van der Waals surface area contributed by atoms with Gasteiger partial charge in [-0.2, -0.15) is 0 Å². The number of unbranched alkanes of at least 4 members (excludes halogenated alkanes) is 3. The van der Waals surface area contributed by atoms with E-state index in [9.17, 15) is 14.4 Å². The van der Waals surface area contributed by atoms with Gasteiger partial charge in [-0.05, 0) is 38.5 Å². The van der Waals surface area contributed by atoms with E-state index >= 15 is 0 Å². The first-order valence-corrected chi connectivity index (χ1v) is 9.05. The van der Waals surface area contributed by atoms with Crippen molar-refractivity contribution < 1.29 is 4.79 Å². The molecule has 0 saturated heterocycles. The maximum atomic E-state index is 12.4. The summed E-state index contributed by atoms with van der Waals surface area (Å²) in [4.78, 5) is 38.6. The first-order chi connectivity index (χ1) is 12.0. The minimum atomic E-state index is -0.670. The smallest absolute Gasteiger partial charge is 0.316 e. The maximum absolute atomic E-state index is 12.4. The third-order valence-corrected chi connectivity index (χ3v) is 4.42. The molecule has 0 saturated carbocycles. The van der Waals surface area contributed by atoms with Crippen LogP contribution in [0, 0.1) is 0 Å². The number of H-pyrrole nitrogens is 1. The van der Waals surface area contributed by atoms with Gasteiger partial charge in [0.2, 0.25) is 0 Å². The van der Waals surface area contributed by atoms with Crippen LogP contribution in [0.2, 0.25) is 0 Å². The molecule has 1 aromatic heterocycles. The van der Waals surface area contributed by atoms with Gasteiger partial charge in [0.1, 0.15) is 0 Å². The minimum Gasteiger partial charge on any atom is -0.350 e. The number of aromatic nitrogens is 2. The number of fused-ring (bicyclic) bond motifs is 1. The number of carbonyl (C=O) groups excluding carboxylic acids is 1. The van der Waals surface area contributed by atoms with Gasteiger partial charge in [0.15, 0.2) is 0 Å². The van der Waals surface area contributed by atoms with E-state index in [0.29, 0.717) is 23.1 Å². The fraction of sp³-hybridized carbons (Fsp3) is 0.526. The van der Waals surface area contributed by atoms with Gasteiger partial charge >= 0.3 is 11.1 Å². The number of aryl methyl sites for hydroxylation is 1. The average molecular weight is 345 g/mol. The topological polar surface area (TPSA) is 84.0 Å². The number of hydrogen-bond acceptors (Lipinski definition) is 3. The van der Waals surface area contributed by atoms with Gasteiger partial charge in [-0.1, -0.05) is 32.6 Å². The van der Waals surface area contributed by atoms with Crippen molar-refractivity contribution in [3.8, 4) is 0 Å². The molecule has 2 N–H and O–H groups in total. The molecule has 1 atom stereocenters. The summed E-state index contributed by atoms with van der Waals surface area (Å²) in [7, 11) is 0. The molecule has 0 aliphatic rings. The fourth-order valence-corrected chi connectivity index (χ4v) is 2.99. The molecule has 1 unspecified atom stereocenters. The average Bonchev–Trinajstić information content (AvgIpc) is 2.59. The molecule has 136 valence electrons. The zero-order valence-electron chi connectivity index (χ0n) is 15.2. The molecule has 1 heterocycles. The summed E-state index contributed by atoms with van der Waals surface area (Å²) in [5.74, 6) is -0.167. The Labute approximate surface area is 147 Å². The van der Waals surface area contributed by atoms with Crippen LogP contribution in [0.1, 0.15) is 63.2 Å². The molecule has 0 radical (unpaired) electrons. The van der Waals surface area contributed by atoms with Crippen molar-refractivity contribution in [2.75, 3.05) is 0 Å². The molecule has 0 spiro atoms. The van der Waals surface area contributed by atoms with Crippen LogP contribution in [0.3, 0.4) is 0 Å². The molecule has 25 heavy (non-hydrogen) atoms. The Balaban J connectivity index is 2.16. The lowest BCUT2D eigenvalue weighted by Crippen LogP contribution is -2.36. The molecule has 0 fully saturated rings. The van der Waals surface area contributed by atoms with Crippen molar-refractivity contribution >= 4 is 16.9 Å². The number of nitrogens with zero attached hydrogens (tertiary/aromatic N) is 1. The second-order valence-electron chi connectivity index (χ2n) is 6.46. The number of nitrogens with one attached hydrogen (secondary N) is 2. The van der Waals surface area contributed by atoms with Crippen LogP contribution < -0.4 is 16.4 Å². The van der Waals surface area contributed by atoms with Gasteiger partial charge in [-0.3, -0.25) is 14.4 Å². The lowest BCUT2D eigenvalue weighted by Gasteiger charge is -2.14.